The van der Waals surface area contributed by atoms with Crippen molar-refractivity contribution in [2.24, 2.45) is 0 Å². The third-order valence-corrected chi connectivity index (χ3v) is 2.41. The highest BCUT2D eigenvalue weighted by Gasteiger charge is 1.97. The molecule has 0 atom stereocenters. The lowest BCUT2D eigenvalue weighted by atomic mass is 10.3. The van der Waals surface area contributed by atoms with Gasteiger partial charge in [-0.3, -0.25) is 4.79 Å². The van der Waals surface area contributed by atoms with Gasteiger partial charge in [-0.1, -0.05) is 25.2 Å². The van der Waals surface area contributed by atoms with Gasteiger partial charge >= 0.3 is 0 Å². The Morgan fingerprint density at radius 3 is 2.71 bits per heavy atom. The van der Waals surface area contributed by atoms with E-state index in [0.717, 1.165) is 38.9 Å². The van der Waals surface area contributed by atoms with Crippen molar-refractivity contribution in [2.45, 2.75) is 33.1 Å². The zero-order chi connectivity index (χ0) is 12.9. The van der Waals surface area contributed by atoms with Gasteiger partial charge in [0.2, 0.25) is 5.91 Å². The smallest absolute Gasteiger partial charge is 0.243 e. The average Bonchev–Trinajstić information content (AvgIpc) is 2.31. The van der Waals surface area contributed by atoms with Crippen LogP contribution in [0.5, 0.6) is 0 Å². The van der Waals surface area contributed by atoms with Gasteiger partial charge in [0.1, 0.15) is 0 Å². The fourth-order valence-electron chi connectivity index (χ4n) is 1.46. The average molecular weight is 238 g/mol. The normalized spacial score (nSPS) is 11.8. The van der Waals surface area contributed by atoms with E-state index in [-0.39, 0.29) is 5.91 Å². The molecule has 0 heterocycles. The van der Waals surface area contributed by atoms with E-state index < -0.39 is 0 Å². The fourth-order valence-corrected chi connectivity index (χ4v) is 1.46. The van der Waals surface area contributed by atoms with Gasteiger partial charge in [-0.25, -0.2) is 0 Å². The summed E-state index contributed by atoms with van der Waals surface area (Å²) in [5.41, 5.74) is 0. The summed E-state index contributed by atoms with van der Waals surface area (Å²) >= 11 is 0. The molecule has 1 amide bonds. The third-order valence-electron chi connectivity index (χ3n) is 2.41. The molecule has 98 valence electrons. The fraction of sp³-hybridized carbons (Fsp3) is 0.643. The summed E-state index contributed by atoms with van der Waals surface area (Å²) in [4.78, 5) is 13.4. The summed E-state index contributed by atoms with van der Waals surface area (Å²) in [7, 11) is 2.12. The Kier molecular flexibility index (Phi) is 10.7. The first-order valence-corrected chi connectivity index (χ1v) is 6.44. The van der Waals surface area contributed by atoms with Crippen molar-refractivity contribution in [2.75, 3.05) is 26.7 Å². The molecule has 0 fully saturated rings. The van der Waals surface area contributed by atoms with Crippen LogP contribution >= 0.6 is 0 Å². The number of allylic oxidation sites excluding steroid dienone is 2. The van der Waals surface area contributed by atoms with E-state index in [9.17, 15) is 4.79 Å². The molecule has 0 bridgehead atoms. The van der Waals surface area contributed by atoms with Crippen LogP contribution < -0.4 is 5.32 Å². The van der Waals surface area contributed by atoms with Crippen molar-refractivity contribution in [3.8, 4) is 0 Å². The van der Waals surface area contributed by atoms with Crippen LogP contribution in [0.4, 0.5) is 0 Å². The second-order valence-corrected chi connectivity index (χ2v) is 4.12. The Hall–Kier alpha value is -1.09. The Morgan fingerprint density at radius 2 is 2.06 bits per heavy atom. The van der Waals surface area contributed by atoms with E-state index in [1.54, 1.807) is 12.2 Å². The highest BCUT2D eigenvalue weighted by Crippen LogP contribution is 1.92. The van der Waals surface area contributed by atoms with E-state index in [1.807, 2.05) is 6.92 Å². The zero-order valence-electron chi connectivity index (χ0n) is 11.4. The Morgan fingerprint density at radius 1 is 1.29 bits per heavy atom. The molecular formula is C14H26N2O. The van der Waals surface area contributed by atoms with Crippen LogP contribution in [-0.2, 0) is 4.79 Å². The van der Waals surface area contributed by atoms with E-state index in [1.165, 1.54) is 0 Å². The second kappa shape index (κ2) is 11.4. The van der Waals surface area contributed by atoms with E-state index in [2.05, 4.69) is 36.3 Å². The highest BCUT2D eigenvalue weighted by atomic mass is 16.1. The second-order valence-electron chi connectivity index (χ2n) is 4.12. The monoisotopic (exact) mass is 238 g/mol. The summed E-state index contributed by atoms with van der Waals surface area (Å²) in [6, 6.07) is 0. The minimum atomic E-state index is 0.000956. The topological polar surface area (TPSA) is 32.3 Å². The Balaban J connectivity index is 3.41. The zero-order valence-corrected chi connectivity index (χ0v) is 11.4. The minimum Gasteiger partial charge on any atom is -0.353 e. The van der Waals surface area contributed by atoms with Crippen LogP contribution in [0.15, 0.2) is 24.3 Å². The van der Waals surface area contributed by atoms with Gasteiger partial charge in [0.25, 0.3) is 0 Å². The number of hydrogen-bond donors (Lipinski definition) is 1. The molecule has 0 spiro atoms. The lowest BCUT2D eigenvalue weighted by Crippen LogP contribution is -2.27. The van der Waals surface area contributed by atoms with Gasteiger partial charge in [0.15, 0.2) is 0 Å². The molecule has 0 unspecified atom stereocenters. The number of amides is 1. The SMILES string of the molecule is C/C=C/C(=O)NCCCN(C)CC/C=C\CC. The van der Waals surface area contributed by atoms with Gasteiger partial charge in [0, 0.05) is 13.1 Å². The summed E-state index contributed by atoms with van der Waals surface area (Å²) < 4.78 is 0. The van der Waals surface area contributed by atoms with E-state index in [4.69, 9.17) is 0 Å². The standard InChI is InChI=1S/C14H26N2O/c1-4-6-7-8-12-16(3)13-9-11-15-14(17)10-5-2/h5-7,10H,4,8-9,11-13H2,1-3H3,(H,15,17)/b7-6-,10-5+. The van der Waals surface area contributed by atoms with Crippen molar-refractivity contribution in [3.05, 3.63) is 24.3 Å². The molecule has 0 radical (unpaired) electrons. The third kappa shape index (κ3) is 11.2. The van der Waals surface area contributed by atoms with Crippen molar-refractivity contribution in [1.82, 2.24) is 10.2 Å². The first kappa shape index (κ1) is 15.9. The molecule has 0 aliphatic rings. The number of carbonyl (C=O) groups is 1. The highest BCUT2D eigenvalue weighted by molar-refractivity contribution is 5.87. The lowest BCUT2D eigenvalue weighted by Gasteiger charge is -2.15. The summed E-state index contributed by atoms with van der Waals surface area (Å²) in [5, 5.41) is 2.85. The van der Waals surface area contributed by atoms with Gasteiger partial charge in [-0.2, -0.15) is 0 Å². The minimum absolute atomic E-state index is 0.000956. The maximum absolute atomic E-state index is 11.1. The molecule has 0 aromatic heterocycles. The summed E-state index contributed by atoms with van der Waals surface area (Å²) in [6.45, 7) is 6.85. The number of carbonyl (C=O) groups excluding carboxylic acids is 1. The first-order valence-electron chi connectivity index (χ1n) is 6.44. The van der Waals surface area contributed by atoms with Crippen LogP contribution in [0.25, 0.3) is 0 Å². The number of nitrogens with zero attached hydrogens (tertiary/aromatic N) is 1. The van der Waals surface area contributed by atoms with Gasteiger partial charge in [0.05, 0.1) is 0 Å². The molecule has 0 saturated heterocycles. The van der Waals surface area contributed by atoms with Gasteiger partial charge in [-0.15, -0.1) is 0 Å². The number of nitrogens with one attached hydrogen (secondary N) is 1. The van der Waals surface area contributed by atoms with E-state index >= 15 is 0 Å². The molecule has 17 heavy (non-hydrogen) atoms. The van der Waals surface area contributed by atoms with Gasteiger partial charge < -0.3 is 10.2 Å². The molecule has 0 aliphatic heterocycles. The molecule has 0 rings (SSSR count). The quantitative estimate of drug-likeness (QED) is 0.380. The molecule has 0 aromatic carbocycles. The van der Waals surface area contributed by atoms with Crippen LogP contribution in [0.2, 0.25) is 0 Å². The molecule has 3 heteroatoms. The Bertz CT molecular complexity index is 247. The molecule has 0 aliphatic carbocycles. The number of hydrogen-bond acceptors (Lipinski definition) is 2. The maximum Gasteiger partial charge on any atom is 0.243 e. The molecule has 1 N–H and O–H groups in total. The summed E-state index contributed by atoms with van der Waals surface area (Å²) in [6.07, 6.45) is 10.9. The summed E-state index contributed by atoms with van der Waals surface area (Å²) in [5.74, 6) is 0.000956. The molecule has 3 nitrogen and oxygen atoms in total. The van der Waals surface area contributed by atoms with Crippen molar-refractivity contribution < 1.29 is 4.79 Å². The maximum atomic E-state index is 11.1. The number of rotatable bonds is 9. The van der Waals surface area contributed by atoms with Gasteiger partial charge in [-0.05, 0) is 45.9 Å². The molecule has 0 aromatic rings. The van der Waals surface area contributed by atoms with Crippen LogP contribution in [-0.4, -0.2) is 37.5 Å². The van der Waals surface area contributed by atoms with Crippen molar-refractivity contribution in [1.29, 1.82) is 0 Å². The largest absolute Gasteiger partial charge is 0.353 e. The van der Waals surface area contributed by atoms with E-state index in [0.29, 0.717) is 0 Å². The van der Waals surface area contributed by atoms with Crippen LogP contribution in [0, 0.1) is 0 Å². The van der Waals surface area contributed by atoms with Crippen molar-refractivity contribution in [3.63, 3.8) is 0 Å². The van der Waals surface area contributed by atoms with Crippen LogP contribution in [0.1, 0.15) is 33.1 Å². The lowest BCUT2D eigenvalue weighted by molar-refractivity contribution is -0.116. The van der Waals surface area contributed by atoms with Crippen molar-refractivity contribution >= 4 is 5.91 Å². The molecular weight excluding hydrogens is 212 g/mol. The molecule has 0 saturated carbocycles. The van der Waals surface area contributed by atoms with Crippen LogP contribution in [0.3, 0.4) is 0 Å². The predicted molar refractivity (Wildman–Crippen MR) is 74.0 cm³/mol. The first-order chi connectivity index (χ1) is 8.20. The predicted octanol–water partition coefficient (Wildman–Crippen LogP) is 2.36. The Labute approximate surface area is 106 Å².